The van der Waals surface area contributed by atoms with Crippen molar-refractivity contribution in [1.82, 2.24) is 14.7 Å². The van der Waals surface area contributed by atoms with Crippen molar-refractivity contribution in [3.63, 3.8) is 0 Å². The number of carbonyl (C=O) groups is 2. The lowest BCUT2D eigenvalue weighted by Crippen LogP contribution is -2.47. The lowest BCUT2D eigenvalue weighted by Gasteiger charge is -2.38. The maximum atomic E-state index is 12.2. The lowest BCUT2D eigenvalue weighted by molar-refractivity contribution is -0.117. The number of benzene rings is 1. The molecule has 2 fully saturated rings. The van der Waals surface area contributed by atoms with Crippen molar-refractivity contribution >= 4 is 33.3 Å². The third-order valence-electron chi connectivity index (χ3n) is 6.48. The SMILES string of the molecule is [C-]#[N+]CC1(n2cc(C(N)=O)c(NC(=O)C3CC3)n2)CCN(Cc2ccc(NS(C)(=O)=O)cc2)CC1. The second-order valence-electron chi connectivity index (χ2n) is 9.35. The molecule has 1 saturated heterocycles. The molecule has 2 amide bonds. The fourth-order valence-corrected chi connectivity index (χ4v) is 4.90. The lowest BCUT2D eigenvalue weighted by atomic mass is 9.87. The van der Waals surface area contributed by atoms with E-state index in [2.05, 4.69) is 24.9 Å². The molecule has 35 heavy (non-hydrogen) atoms. The van der Waals surface area contributed by atoms with Gasteiger partial charge in [0.05, 0.1) is 6.26 Å². The number of nitrogens with one attached hydrogen (secondary N) is 2. The van der Waals surface area contributed by atoms with E-state index in [1.54, 1.807) is 23.0 Å². The van der Waals surface area contributed by atoms with Crippen molar-refractivity contribution in [1.29, 1.82) is 0 Å². The molecule has 0 spiro atoms. The highest BCUT2D eigenvalue weighted by Gasteiger charge is 2.41. The smallest absolute Gasteiger partial charge is 0.254 e. The van der Waals surface area contributed by atoms with Crippen LogP contribution in [0, 0.1) is 12.5 Å². The first-order valence-electron chi connectivity index (χ1n) is 11.4. The molecule has 1 aromatic heterocycles. The van der Waals surface area contributed by atoms with Crippen molar-refractivity contribution in [2.45, 2.75) is 37.8 Å². The van der Waals surface area contributed by atoms with Gasteiger partial charge in [0.1, 0.15) is 11.1 Å². The average molecular weight is 500 g/mol. The normalized spacial score (nSPS) is 17.9. The largest absolute Gasteiger partial charge is 0.365 e. The molecule has 1 aromatic carbocycles. The predicted molar refractivity (Wildman–Crippen MR) is 131 cm³/mol. The Morgan fingerprint density at radius 3 is 2.43 bits per heavy atom. The van der Waals surface area contributed by atoms with Crippen LogP contribution in [0.1, 0.15) is 41.6 Å². The third-order valence-corrected chi connectivity index (χ3v) is 7.09. The zero-order valence-electron chi connectivity index (χ0n) is 19.5. The highest BCUT2D eigenvalue weighted by Crippen LogP contribution is 2.34. The molecule has 2 heterocycles. The number of rotatable bonds is 9. The van der Waals surface area contributed by atoms with Gasteiger partial charge in [-0.1, -0.05) is 12.1 Å². The molecule has 0 radical (unpaired) electrons. The number of hydrogen-bond acceptors (Lipinski definition) is 6. The van der Waals surface area contributed by atoms with Crippen LogP contribution in [0.2, 0.25) is 0 Å². The molecule has 1 aliphatic heterocycles. The standard InChI is InChI=1S/C23H29N7O4S/c1-25-15-23(30-14-19(20(24)31)21(27-30)26-22(32)17-5-6-17)9-11-29(12-10-23)13-16-3-7-18(8-4-16)28-35(2,33)34/h3-4,7-8,14,17,28H,5-6,9-13,15H2,2H3,(H2,24,31)(H,26,27,32). The summed E-state index contributed by atoms with van der Waals surface area (Å²) >= 11 is 0. The van der Waals surface area contributed by atoms with Crippen molar-refractivity contribution < 1.29 is 18.0 Å². The highest BCUT2D eigenvalue weighted by molar-refractivity contribution is 7.92. The van der Waals surface area contributed by atoms with Gasteiger partial charge in [-0.25, -0.2) is 15.0 Å². The quantitative estimate of drug-likeness (QED) is 0.447. The molecule has 11 nitrogen and oxygen atoms in total. The van der Waals surface area contributed by atoms with Crippen LogP contribution in [0.25, 0.3) is 4.85 Å². The number of carbonyl (C=O) groups excluding carboxylic acids is 2. The molecule has 0 bridgehead atoms. The molecular formula is C23H29N7O4S. The van der Waals surface area contributed by atoms with E-state index in [1.807, 2.05) is 12.1 Å². The summed E-state index contributed by atoms with van der Waals surface area (Å²) in [5.74, 6) is -0.724. The maximum absolute atomic E-state index is 12.2. The van der Waals surface area contributed by atoms with E-state index in [9.17, 15) is 18.0 Å². The summed E-state index contributed by atoms with van der Waals surface area (Å²) in [5, 5.41) is 7.24. The zero-order chi connectivity index (χ0) is 25.2. The first-order valence-corrected chi connectivity index (χ1v) is 13.3. The Morgan fingerprint density at radius 2 is 1.89 bits per heavy atom. The van der Waals surface area contributed by atoms with Gasteiger partial charge in [-0.15, -0.1) is 0 Å². The first-order chi connectivity index (χ1) is 16.6. The molecular weight excluding hydrogens is 470 g/mol. The minimum absolute atomic E-state index is 0.0439. The summed E-state index contributed by atoms with van der Waals surface area (Å²) in [6.45, 7) is 9.79. The summed E-state index contributed by atoms with van der Waals surface area (Å²) in [5.41, 5.74) is 6.65. The van der Waals surface area contributed by atoms with E-state index in [4.69, 9.17) is 12.3 Å². The number of anilines is 2. The minimum Gasteiger partial charge on any atom is -0.365 e. The van der Waals surface area contributed by atoms with Crippen molar-refractivity contribution in [2.75, 3.05) is 35.9 Å². The van der Waals surface area contributed by atoms with Crippen LogP contribution >= 0.6 is 0 Å². The third kappa shape index (κ3) is 5.98. The molecule has 1 saturated carbocycles. The van der Waals surface area contributed by atoms with Crippen LogP contribution in [0.4, 0.5) is 11.5 Å². The Kier molecular flexibility index (Phi) is 6.82. The molecule has 4 rings (SSSR count). The second kappa shape index (κ2) is 9.67. The number of nitrogens with zero attached hydrogens (tertiary/aromatic N) is 4. The van der Waals surface area contributed by atoms with Gasteiger partial charge in [-0.05, 0) is 43.4 Å². The number of aromatic nitrogens is 2. The highest BCUT2D eigenvalue weighted by atomic mass is 32.2. The number of hydrogen-bond donors (Lipinski definition) is 3. The van der Waals surface area contributed by atoms with Crippen molar-refractivity contribution in [3.8, 4) is 0 Å². The molecule has 0 atom stereocenters. The van der Waals surface area contributed by atoms with Gasteiger partial charge in [-0.2, -0.15) is 5.10 Å². The summed E-state index contributed by atoms with van der Waals surface area (Å²) < 4.78 is 26.9. The molecule has 1 aliphatic carbocycles. The Bertz CT molecular complexity index is 1250. The Hall–Kier alpha value is -3.43. The van der Waals surface area contributed by atoms with Crippen LogP contribution in [-0.4, -0.2) is 60.8 Å². The number of primary amides is 1. The Balaban J connectivity index is 1.46. The van der Waals surface area contributed by atoms with Gasteiger partial charge in [-0.3, -0.25) is 23.9 Å². The van der Waals surface area contributed by atoms with Crippen molar-refractivity contribution in [3.05, 3.63) is 53.0 Å². The van der Waals surface area contributed by atoms with Crippen LogP contribution in [0.15, 0.2) is 30.5 Å². The number of likely N-dealkylation sites (tertiary alicyclic amines) is 1. The van der Waals surface area contributed by atoms with Crippen LogP contribution in [0.5, 0.6) is 0 Å². The number of nitrogens with two attached hydrogens (primary N) is 1. The molecule has 12 heteroatoms. The van der Waals surface area contributed by atoms with Gasteiger partial charge < -0.3 is 15.9 Å². The summed E-state index contributed by atoms with van der Waals surface area (Å²) in [4.78, 5) is 30.2. The van der Waals surface area contributed by atoms with Gasteiger partial charge in [0.2, 0.25) is 22.5 Å². The number of piperidine rings is 1. The predicted octanol–water partition coefficient (Wildman–Crippen LogP) is 1.61. The molecule has 2 aromatic rings. The Labute approximate surface area is 204 Å². The van der Waals surface area contributed by atoms with E-state index >= 15 is 0 Å². The topological polar surface area (TPSA) is 144 Å². The van der Waals surface area contributed by atoms with E-state index < -0.39 is 21.5 Å². The molecule has 0 unspecified atom stereocenters. The van der Waals surface area contributed by atoms with Crippen LogP contribution in [0.3, 0.4) is 0 Å². The van der Waals surface area contributed by atoms with E-state index in [0.29, 0.717) is 38.2 Å². The van der Waals surface area contributed by atoms with E-state index in [1.165, 1.54) is 0 Å². The molecule has 186 valence electrons. The first kappa shape index (κ1) is 24.7. The number of amides is 2. The fourth-order valence-electron chi connectivity index (χ4n) is 4.34. The van der Waals surface area contributed by atoms with Gasteiger partial charge in [0.25, 0.3) is 5.91 Å². The zero-order valence-corrected chi connectivity index (χ0v) is 20.3. The average Bonchev–Trinajstić information content (AvgIpc) is 3.56. The minimum atomic E-state index is -3.32. The van der Waals surface area contributed by atoms with Gasteiger partial charge >= 0.3 is 0 Å². The molecule has 2 aliphatic rings. The van der Waals surface area contributed by atoms with Gasteiger partial charge in [0, 0.05) is 37.4 Å². The van der Waals surface area contributed by atoms with Crippen LogP contribution in [-0.2, 0) is 26.9 Å². The van der Waals surface area contributed by atoms with Crippen molar-refractivity contribution in [2.24, 2.45) is 11.7 Å². The summed E-state index contributed by atoms with van der Waals surface area (Å²) in [6, 6.07) is 7.23. The molecule has 4 N–H and O–H groups in total. The van der Waals surface area contributed by atoms with Crippen LogP contribution < -0.4 is 15.8 Å². The van der Waals surface area contributed by atoms with Gasteiger partial charge in [0.15, 0.2) is 5.82 Å². The second-order valence-corrected chi connectivity index (χ2v) is 11.1. The maximum Gasteiger partial charge on any atom is 0.254 e. The fraction of sp³-hybridized carbons (Fsp3) is 0.478. The van der Waals surface area contributed by atoms with E-state index in [-0.39, 0.29) is 29.8 Å². The Morgan fingerprint density at radius 1 is 1.23 bits per heavy atom. The monoisotopic (exact) mass is 499 g/mol. The van der Waals surface area contributed by atoms with E-state index in [0.717, 1.165) is 24.7 Å². The number of sulfonamides is 1. The summed E-state index contributed by atoms with van der Waals surface area (Å²) in [7, 11) is -3.32. The summed E-state index contributed by atoms with van der Waals surface area (Å²) in [6.07, 6.45) is 5.59.